The van der Waals surface area contributed by atoms with Gasteiger partial charge in [0.25, 0.3) is 0 Å². The van der Waals surface area contributed by atoms with Gasteiger partial charge in [-0.2, -0.15) is 0 Å². The highest BCUT2D eigenvalue weighted by atomic mass is 16.5. The molecule has 4 nitrogen and oxygen atoms in total. The minimum atomic E-state index is 0.251. The van der Waals surface area contributed by atoms with Crippen molar-refractivity contribution in [3.05, 3.63) is 42.5 Å². The van der Waals surface area contributed by atoms with Crippen molar-refractivity contribution in [2.45, 2.75) is 0 Å². The van der Waals surface area contributed by atoms with E-state index in [0.717, 1.165) is 23.4 Å². The van der Waals surface area contributed by atoms with Gasteiger partial charge in [-0.1, -0.05) is 12.1 Å². The molecule has 100 valence electrons. The smallest absolute Gasteiger partial charge is 0.115 e. The van der Waals surface area contributed by atoms with Crippen LogP contribution in [0.15, 0.2) is 42.5 Å². The molecule has 19 heavy (non-hydrogen) atoms. The fourth-order valence-corrected chi connectivity index (χ4v) is 1.88. The summed E-state index contributed by atoms with van der Waals surface area (Å²) in [6.07, 6.45) is 0. The first-order valence-corrected chi connectivity index (χ1v) is 6.12. The molecule has 0 aliphatic rings. The maximum absolute atomic E-state index is 9.34. The van der Waals surface area contributed by atoms with Crippen molar-refractivity contribution in [2.75, 3.05) is 31.3 Å². The zero-order valence-electron chi connectivity index (χ0n) is 10.9. The number of nitrogen functional groups attached to an aromatic ring is 1. The summed E-state index contributed by atoms with van der Waals surface area (Å²) in [6, 6.07) is 12.8. The number of nitrogens with two attached hydrogens (primary N) is 1. The Bertz CT molecular complexity index is 538. The van der Waals surface area contributed by atoms with Crippen LogP contribution in [0, 0.1) is 0 Å². The number of aromatic hydroxyl groups is 1. The molecular formula is C15H18N2O2. The van der Waals surface area contributed by atoms with Crippen molar-refractivity contribution in [2.24, 2.45) is 0 Å². The molecule has 0 aliphatic heterocycles. The molecule has 0 saturated heterocycles. The predicted octanol–water partition coefficient (Wildman–Crippen LogP) is 2.70. The molecule has 0 atom stereocenters. The number of phenols is 1. The van der Waals surface area contributed by atoms with Gasteiger partial charge in [-0.25, -0.2) is 0 Å². The fraction of sp³-hybridized carbons (Fsp3) is 0.200. The number of methoxy groups -OCH3 is 1. The van der Waals surface area contributed by atoms with Gasteiger partial charge >= 0.3 is 0 Å². The van der Waals surface area contributed by atoms with E-state index in [2.05, 4.69) is 5.32 Å². The van der Waals surface area contributed by atoms with E-state index < -0.39 is 0 Å². The normalized spacial score (nSPS) is 10.4. The minimum absolute atomic E-state index is 0.251. The molecule has 0 spiro atoms. The van der Waals surface area contributed by atoms with E-state index in [1.54, 1.807) is 19.2 Å². The molecule has 0 saturated carbocycles. The molecule has 2 rings (SSSR count). The lowest BCUT2D eigenvalue weighted by Crippen LogP contribution is -2.08. The number of anilines is 2. The van der Waals surface area contributed by atoms with E-state index >= 15 is 0 Å². The lowest BCUT2D eigenvalue weighted by atomic mass is 10.0. The second kappa shape index (κ2) is 6.11. The Hall–Kier alpha value is -2.20. The Morgan fingerprint density at radius 2 is 1.89 bits per heavy atom. The number of ether oxygens (including phenoxy) is 1. The van der Waals surface area contributed by atoms with Gasteiger partial charge in [-0.05, 0) is 35.9 Å². The van der Waals surface area contributed by atoms with E-state index in [4.69, 9.17) is 10.5 Å². The number of hydrogen-bond acceptors (Lipinski definition) is 4. The Morgan fingerprint density at radius 3 is 2.58 bits per heavy atom. The van der Waals surface area contributed by atoms with Crippen LogP contribution < -0.4 is 11.1 Å². The van der Waals surface area contributed by atoms with Gasteiger partial charge in [0, 0.05) is 30.6 Å². The molecule has 0 aromatic heterocycles. The van der Waals surface area contributed by atoms with Crippen molar-refractivity contribution < 1.29 is 9.84 Å². The largest absolute Gasteiger partial charge is 0.508 e. The van der Waals surface area contributed by atoms with E-state index in [1.807, 2.05) is 30.3 Å². The number of benzene rings is 2. The topological polar surface area (TPSA) is 67.5 Å². The van der Waals surface area contributed by atoms with Gasteiger partial charge < -0.3 is 20.9 Å². The first-order valence-electron chi connectivity index (χ1n) is 6.12. The van der Waals surface area contributed by atoms with Crippen molar-refractivity contribution in [1.29, 1.82) is 0 Å². The van der Waals surface area contributed by atoms with Gasteiger partial charge in [0.1, 0.15) is 5.75 Å². The summed E-state index contributed by atoms with van der Waals surface area (Å²) < 4.78 is 5.03. The molecule has 0 fully saturated rings. The van der Waals surface area contributed by atoms with E-state index in [0.29, 0.717) is 12.3 Å². The average molecular weight is 258 g/mol. The molecule has 0 radical (unpaired) electrons. The third kappa shape index (κ3) is 3.39. The number of nitrogens with one attached hydrogen (secondary N) is 1. The summed E-state index contributed by atoms with van der Waals surface area (Å²) in [6.45, 7) is 1.37. The second-order valence-corrected chi connectivity index (χ2v) is 4.27. The Morgan fingerprint density at radius 1 is 1.16 bits per heavy atom. The number of hydrogen-bond donors (Lipinski definition) is 3. The van der Waals surface area contributed by atoms with Crippen LogP contribution in [-0.2, 0) is 4.74 Å². The summed E-state index contributed by atoms with van der Waals surface area (Å²) in [4.78, 5) is 0. The van der Waals surface area contributed by atoms with Gasteiger partial charge in [0.05, 0.1) is 6.61 Å². The Labute approximate surface area is 112 Å². The highest BCUT2D eigenvalue weighted by Gasteiger charge is 2.05. The van der Waals surface area contributed by atoms with Crippen LogP contribution in [0.1, 0.15) is 0 Å². The van der Waals surface area contributed by atoms with Gasteiger partial charge in [-0.3, -0.25) is 0 Å². The maximum atomic E-state index is 9.34. The quantitative estimate of drug-likeness (QED) is 0.570. The highest BCUT2D eigenvalue weighted by Crippen LogP contribution is 2.30. The Balaban J connectivity index is 2.31. The molecule has 0 heterocycles. The third-order valence-corrected chi connectivity index (χ3v) is 2.84. The van der Waals surface area contributed by atoms with Crippen molar-refractivity contribution in [3.8, 4) is 16.9 Å². The van der Waals surface area contributed by atoms with Crippen LogP contribution in [0.4, 0.5) is 11.4 Å². The number of rotatable bonds is 5. The summed E-state index contributed by atoms with van der Waals surface area (Å²) >= 11 is 0. The molecular weight excluding hydrogens is 240 g/mol. The predicted molar refractivity (Wildman–Crippen MR) is 78.3 cm³/mol. The van der Waals surface area contributed by atoms with E-state index in [-0.39, 0.29) is 5.75 Å². The molecule has 0 amide bonds. The first kappa shape index (κ1) is 13.2. The summed E-state index contributed by atoms with van der Waals surface area (Å²) in [5.74, 6) is 0.251. The Kier molecular flexibility index (Phi) is 4.26. The summed E-state index contributed by atoms with van der Waals surface area (Å²) in [5, 5.41) is 12.7. The van der Waals surface area contributed by atoms with E-state index in [9.17, 15) is 5.11 Å². The standard InChI is InChI=1S/C15H18N2O2/c1-19-9-8-17-15-7-4-12(16)10-14(15)11-2-5-13(18)6-3-11/h2-7,10,17-18H,8-9,16H2,1H3. The van der Waals surface area contributed by atoms with Crippen LogP contribution in [-0.4, -0.2) is 25.4 Å². The third-order valence-electron chi connectivity index (χ3n) is 2.84. The monoisotopic (exact) mass is 258 g/mol. The molecule has 2 aromatic rings. The van der Waals surface area contributed by atoms with Crippen LogP contribution in [0.3, 0.4) is 0 Å². The maximum Gasteiger partial charge on any atom is 0.115 e. The fourth-order valence-electron chi connectivity index (χ4n) is 1.88. The molecule has 0 unspecified atom stereocenters. The second-order valence-electron chi connectivity index (χ2n) is 4.27. The lowest BCUT2D eigenvalue weighted by molar-refractivity contribution is 0.211. The van der Waals surface area contributed by atoms with Gasteiger partial charge in [0.15, 0.2) is 0 Å². The lowest BCUT2D eigenvalue weighted by Gasteiger charge is -2.13. The van der Waals surface area contributed by atoms with Crippen LogP contribution in [0.2, 0.25) is 0 Å². The zero-order valence-corrected chi connectivity index (χ0v) is 10.9. The van der Waals surface area contributed by atoms with Crippen molar-refractivity contribution >= 4 is 11.4 Å². The van der Waals surface area contributed by atoms with Gasteiger partial charge in [-0.15, -0.1) is 0 Å². The molecule has 4 N–H and O–H groups in total. The molecule has 2 aromatic carbocycles. The van der Waals surface area contributed by atoms with E-state index in [1.165, 1.54) is 0 Å². The molecule has 0 bridgehead atoms. The highest BCUT2D eigenvalue weighted by molar-refractivity contribution is 5.80. The van der Waals surface area contributed by atoms with Crippen LogP contribution >= 0.6 is 0 Å². The van der Waals surface area contributed by atoms with Crippen LogP contribution in [0.5, 0.6) is 5.75 Å². The minimum Gasteiger partial charge on any atom is -0.508 e. The summed E-state index contributed by atoms with van der Waals surface area (Å²) in [7, 11) is 1.67. The van der Waals surface area contributed by atoms with Crippen molar-refractivity contribution in [3.63, 3.8) is 0 Å². The number of phenolic OH excluding ortho intramolecular Hbond substituents is 1. The van der Waals surface area contributed by atoms with Crippen molar-refractivity contribution in [1.82, 2.24) is 0 Å². The summed E-state index contributed by atoms with van der Waals surface area (Å²) in [5.41, 5.74) is 9.57. The van der Waals surface area contributed by atoms with Crippen LogP contribution in [0.25, 0.3) is 11.1 Å². The van der Waals surface area contributed by atoms with Gasteiger partial charge in [0.2, 0.25) is 0 Å². The zero-order chi connectivity index (χ0) is 13.7. The average Bonchev–Trinajstić information content (AvgIpc) is 2.41. The first-order chi connectivity index (χ1) is 9.20. The molecule has 0 aliphatic carbocycles. The molecule has 4 heteroatoms. The SMILES string of the molecule is COCCNc1ccc(N)cc1-c1ccc(O)cc1.